The molecule has 1 amide bonds. The van der Waals surface area contributed by atoms with Crippen LogP contribution in [0, 0.1) is 19.7 Å². The summed E-state index contributed by atoms with van der Waals surface area (Å²) < 4.78 is 17.4. The molecule has 0 saturated heterocycles. The third-order valence-electron chi connectivity index (χ3n) is 6.49. The van der Waals surface area contributed by atoms with Gasteiger partial charge in [0, 0.05) is 34.1 Å². The number of carbonyl (C=O) groups excluding carboxylic acids is 1. The fourth-order valence-electron chi connectivity index (χ4n) is 4.68. The molecule has 10 heteroatoms. The zero-order valence-electron chi connectivity index (χ0n) is 20.9. The predicted molar refractivity (Wildman–Crippen MR) is 145 cm³/mol. The van der Waals surface area contributed by atoms with Gasteiger partial charge < -0.3 is 5.32 Å². The van der Waals surface area contributed by atoms with Crippen LogP contribution in [-0.2, 0) is 0 Å². The zero-order chi connectivity index (χ0) is 26.6. The van der Waals surface area contributed by atoms with Gasteiger partial charge in [0.2, 0.25) is 0 Å². The minimum absolute atomic E-state index is 0.0363. The lowest BCUT2D eigenvalue weighted by atomic mass is 9.99. The molecule has 4 heterocycles. The quantitative estimate of drug-likeness (QED) is 0.308. The standard InChI is InChI=1S/C27H24BrFN6O2/c1-12(2)22-24(14(4)8-9-31-22)35-25-15(21(28)20(27(35)37)26(36)30-5)10-17(29)23(33-25)19-13(3)6-7-18-16(19)11-32-34-18/h6-12H,1-5H3,(H,30,36)(H,32,34). The largest absolute Gasteiger partial charge is 0.355 e. The number of aromatic nitrogens is 5. The summed E-state index contributed by atoms with van der Waals surface area (Å²) in [7, 11) is 1.44. The average Bonchev–Trinajstić information content (AvgIpc) is 3.34. The van der Waals surface area contributed by atoms with Gasteiger partial charge in [-0.3, -0.25) is 24.2 Å². The van der Waals surface area contributed by atoms with E-state index in [0.29, 0.717) is 22.3 Å². The first-order valence-electron chi connectivity index (χ1n) is 11.7. The number of nitrogens with one attached hydrogen (secondary N) is 2. The summed E-state index contributed by atoms with van der Waals surface area (Å²) in [6.07, 6.45) is 3.31. The molecule has 0 fully saturated rings. The molecule has 2 N–H and O–H groups in total. The molecule has 0 saturated carbocycles. The molecular weight excluding hydrogens is 539 g/mol. The first-order valence-corrected chi connectivity index (χ1v) is 12.5. The smallest absolute Gasteiger partial charge is 0.270 e. The molecule has 0 unspecified atom stereocenters. The van der Waals surface area contributed by atoms with E-state index in [0.717, 1.165) is 16.6 Å². The fraction of sp³-hybridized carbons (Fsp3) is 0.222. The van der Waals surface area contributed by atoms with Crippen molar-refractivity contribution in [3.8, 4) is 16.9 Å². The van der Waals surface area contributed by atoms with Gasteiger partial charge in [0.05, 0.1) is 23.1 Å². The van der Waals surface area contributed by atoms with Crippen molar-refractivity contribution in [1.29, 1.82) is 0 Å². The number of pyridine rings is 3. The van der Waals surface area contributed by atoms with Crippen molar-refractivity contribution in [2.75, 3.05) is 7.05 Å². The number of halogens is 2. The van der Waals surface area contributed by atoms with Crippen LogP contribution in [0.5, 0.6) is 0 Å². The Kier molecular flexibility index (Phi) is 6.15. The van der Waals surface area contributed by atoms with Gasteiger partial charge in [-0.05, 0) is 65.0 Å². The monoisotopic (exact) mass is 562 g/mol. The second kappa shape index (κ2) is 9.19. The average molecular weight is 563 g/mol. The highest BCUT2D eigenvalue weighted by molar-refractivity contribution is 9.10. The first kappa shape index (κ1) is 24.8. The van der Waals surface area contributed by atoms with Gasteiger partial charge in [0.25, 0.3) is 11.5 Å². The maximum Gasteiger partial charge on any atom is 0.270 e. The van der Waals surface area contributed by atoms with E-state index < -0.39 is 17.3 Å². The highest BCUT2D eigenvalue weighted by atomic mass is 79.9. The van der Waals surface area contributed by atoms with Gasteiger partial charge in [-0.15, -0.1) is 0 Å². The number of fused-ring (bicyclic) bond motifs is 2. The molecule has 0 aliphatic heterocycles. The van der Waals surface area contributed by atoms with Crippen molar-refractivity contribution < 1.29 is 9.18 Å². The number of rotatable bonds is 4. The van der Waals surface area contributed by atoms with Crippen molar-refractivity contribution in [2.45, 2.75) is 33.6 Å². The molecule has 0 aliphatic rings. The molecule has 1 aromatic carbocycles. The third kappa shape index (κ3) is 3.83. The highest BCUT2D eigenvalue weighted by Crippen LogP contribution is 2.36. The number of hydrogen-bond acceptors (Lipinski definition) is 5. The lowest BCUT2D eigenvalue weighted by molar-refractivity contribution is 0.0960. The number of aryl methyl sites for hydroxylation is 2. The topological polar surface area (TPSA) is 106 Å². The van der Waals surface area contributed by atoms with Gasteiger partial charge in [-0.1, -0.05) is 19.9 Å². The summed E-state index contributed by atoms with van der Waals surface area (Å²) in [5.74, 6) is -1.22. The van der Waals surface area contributed by atoms with Crippen LogP contribution in [0.2, 0.25) is 0 Å². The predicted octanol–water partition coefficient (Wildman–Crippen LogP) is 5.33. The maximum atomic E-state index is 15.8. The van der Waals surface area contributed by atoms with Crippen molar-refractivity contribution >= 4 is 43.8 Å². The van der Waals surface area contributed by atoms with Gasteiger partial charge in [-0.25, -0.2) is 9.37 Å². The van der Waals surface area contributed by atoms with Crippen molar-refractivity contribution in [2.24, 2.45) is 0 Å². The number of nitrogens with zero attached hydrogens (tertiary/aromatic N) is 4. The molecule has 188 valence electrons. The molecular formula is C27H24BrFN6O2. The van der Waals surface area contributed by atoms with Gasteiger partial charge in [0.15, 0.2) is 0 Å². The van der Waals surface area contributed by atoms with Crippen LogP contribution in [0.3, 0.4) is 0 Å². The lowest BCUT2D eigenvalue weighted by Gasteiger charge is -2.20. The van der Waals surface area contributed by atoms with Crippen LogP contribution in [-0.4, -0.2) is 37.7 Å². The number of hydrogen-bond donors (Lipinski definition) is 2. The molecule has 0 aliphatic carbocycles. The molecule has 0 atom stereocenters. The van der Waals surface area contributed by atoms with E-state index in [1.165, 1.54) is 17.7 Å². The Labute approximate surface area is 220 Å². The van der Waals surface area contributed by atoms with Gasteiger partial charge >= 0.3 is 0 Å². The van der Waals surface area contributed by atoms with Crippen LogP contribution < -0.4 is 10.9 Å². The highest BCUT2D eigenvalue weighted by Gasteiger charge is 2.27. The lowest BCUT2D eigenvalue weighted by Crippen LogP contribution is -2.33. The molecule has 0 spiro atoms. The molecule has 4 aromatic heterocycles. The summed E-state index contributed by atoms with van der Waals surface area (Å²) >= 11 is 3.40. The number of H-pyrrole nitrogens is 1. The van der Waals surface area contributed by atoms with Crippen LogP contribution in [0.15, 0.2) is 45.9 Å². The molecule has 5 aromatic rings. The minimum Gasteiger partial charge on any atom is -0.355 e. The minimum atomic E-state index is -0.594. The Bertz CT molecular complexity index is 1790. The van der Waals surface area contributed by atoms with E-state index in [1.807, 2.05) is 39.8 Å². The maximum absolute atomic E-state index is 15.8. The second-order valence-corrected chi connectivity index (χ2v) is 10.00. The Morgan fingerprint density at radius 3 is 2.62 bits per heavy atom. The number of amides is 1. The van der Waals surface area contributed by atoms with Crippen molar-refractivity contribution in [3.05, 3.63) is 79.7 Å². The number of carbonyl (C=O) groups is 1. The Hall–Kier alpha value is -3.92. The van der Waals surface area contributed by atoms with Crippen LogP contribution in [0.4, 0.5) is 4.39 Å². The summed E-state index contributed by atoms with van der Waals surface area (Å²) in [5.41, 5.74) is 3.63. The summed E-state index contributed by atoms with van der Waals surface area (Å²) in [5, 5.41) is 10.5. The fourth-order valence-corrected chi connectivity index (χ4v) is 5.32. The molecule has 37 heavy (non-hydrogen) atoms. The van der Waals surface area contributed by atoms with Crippen LogP contribution >= 0.6 is 15.9 Å². The van der Waals surface area contributed by atoms with Gasteiger partial charge in [-0.2, -0.15) is 5.10 Å². The van der Waals surface area contributed by atoms with E-state index in [2.05, 4.69) is 36.4 Å². The van der Waals surface area contributed by atoms with Crippen molar-refractivity contribution in [3.63, 3.8) is 0 Å². The van der Waals surface area contributed by atoms with E-state index in [-0.39, 0.29) is 32.7 Å². The Balaban J connectivity index is 2.01. The van der Waals surface area contributed by atoms with E-state index in [4.69, 9.17) is 4.98 Å². The van der Waals surface area contributed by atoms with E-state index in [9.17, 15) is 9.59 Å². The molecule has 0 bridgehead atoms. The summed E-state index contributed by atoms with van der Waals surface area (Å²) in [4.78, 5) is 36.1. The molecule has 0 radical (unpaired) electrons. The number of benzene rings is 1. The Morgan fingerprint density at radius 2 is 1.92 bits per heavy atom. The van der Waals surface area contributed by atoms with Crippen LogP contribution in [0.1, 0.15) is 46.9 Å². The summed E-state index contributed by atoms with van der Waals surface area (Å²) in [6.45, 7) is 7.67. The van der Waals surface area contributed by atoms with Gasteiger partial charge in [0.1, 0.15) is 22.7 Å². The van der Waals surface area contributed by atoms with Crippen LogP contribution in [0.25, 0.3) is 38.9 Å². The summed E-state index contributed by atoms with van der Waals surface area (Å²) in [6, 6.07) is 6.84. The van der Waals surface area contributed by atoms with E-state index in [1.54, 1.807) is 18.5 Å². The molecule has 8 nitrogen and oxygen atoms in total. The normalized spacial score (nSPS) is 11.6. The Morgan fingerprint density at radius 1 is 1.16 bits per heavy atom. The second-order valence-electron chi connectivity index (χ2n) is 9.20. The van der Waals surface area contributed by atoms with E-state index >= 15 is 4.39 Å². The first-order chi connectivity index (χ1) is 17.6. The molecule has 5 rings (SSSR count). The number of aromatic amines is 1. The zero-order valence-corrected chi connectivity index (χ0v) is 22.5. The van der Waals surface area contributed by atoms with Crippen molar-refractivity contribution in [1.82, 2.24) is 30.0 Å². The SMILES string of the molecule is CNC(=O)c1c(Br)c2cc(F)c(-c3c(C)ccc4[nH]ncc34)nc2n(-c2c(C)ccnc2C(C)C)c1=O. The third-order valence-corrected chi connectivity index (χ3v) is 7.31.